The van der Waals surface area contributed by atoms with Crippen LogP contribution in [0.2, 0.25) is 0 Å². The summed E-state index contributed by atoms with van der Waals surface area (Å²) in [5, 5.41) is 21.5. The van der Waals surface area contributed by atoms with Crippen molar-refractivity contribution in [2.75, 3.05) is 25.6 Å². The van der Waals surface area contributed by atoms with Crippen LogP contribution in [0.3, 0.4) is 0 Å². The van der Waals surface area contributed by atoms with Crippen molar-refractivity contribution in [3.8, 4) is 0 Å². The fraction of sp³-hybridized carbons (Fsp3) is 0.611. The highest BCUT2D eigenvalue weighted by Gasteiger charge is 2.23. The summed E-state index contributed by atoms with van der Waals surface area (Å²) in [4.78, 5) is 42.6. The Morgan fingerprint density at radius 3 is 2.66 bits per heavy atom. The molecule has 1 aliphatic heterocycles. The number of hydrogen-bond donors (Lipinski definition) is 1. The number of nitrogens with zero attached hydrogens (tertiary/aromatic N) is 5. The minimum atomic E-state index is -0.651. The summed E-state index contributed by atoms with van der Waals surface area (Å²) in [7, 11) is 0. The van der Waals surface area contributed by atoms with Crippen molar-refractivity contribution in [3.63, 3.8) is 0 Å². The number of urea groups is 1. The lowest BCUT2D eigenvalue weighted by Crippen LogP contribution is -2.44. The van der Waals surface area contributed by atoms with Crippen LogP contribution in [0.4, 0.5) is 15.5 Å². The van der Waals surface area contributed by atoms with Crippen LogP contribution >= 0.6 is 11.6 Å². The highest BCUT2D eigenvalue weighted by Crippen LogP contribution is 2.23. The van der Waals surface area contributed by atoms with E-state index in [0.29, 0.717) is 6.54 Å². The van der Waals surface area contributed by atoms with Crippen molar-refractivity contribution in [2.24, 2.45) is 16.3 Å². The number of carbonyl (C=O) groups is 2. The maximum Gasteiger partial charge on any atom is 0.433 e. The highest BCUT2D eigenvalue weighted by molar-refractivity contribution is 6.18. The van der Waals surface area contributed by atoms with Crippen LogP contribution in [0.5, 0.6) is 0 Å². The molecule has 1 aliphatic carbocycles. The van der Waals surface area contributed by atoms with Gasteiger partial charge in [0.1, 0.15) is 11.5 Å². The SMILES string of the molecule is CC1CCC(NC(=O)N(CCCl)N=O)CC1.O=C1OCCN1N=Cc1ccc([N+](=O)[O-])o1. The van der Waals surface area contributed by atoms with Gasteiger partial charge in [0.15, 0.2) is 5.76 Å². The van der Waals surface area contributed by atoms with Gasteiger partial charge in [-0.1, -0.05) is 6.92 Å². The maximum atomic E-state index is 11.6. The lowest BCUT2D eigenvalue weighted by atomic mass is 9.87. The molecule has 3 rings (SSSR count). The predicted octanol–water partition coefficient (Wildman–Crippen LogP) is 3.47. The number of carbonyl (C=O) groups excluding carboxylic acids is 2. The minimum Gasteiger partial charge on any atom is -0.446 e. The van der Waals surface area contributed by atoms with Crippen molar-refractivity contribution in [1.29, 1.82) is 0 Å². The van der Waals surface area contributed by atoms with Crippen molar-refractivity contribution in [2.45, 2.75) is 38.6 Å². The van der Waals surface area contributed by atoms with Crippen molar-refractivity contribution in [3.05, 3.63) is 32.9 Å². The van der Waals surface area contributed by atoms with Crippen molar-refractivity contribution < 1.29 is 23.7 Å². The molecule has 0 bridgehead atoms. The van der Waals surface area contributed by atoms with Crippen LogP contribution in [0, 0.1) is 20.9 Å². The summed E-state index contributed by atoms with van der Waals surface area (Å²) in [6, 6.07) is 2.34. The van der Waals surface area contributed by atoms with Crippen LogP contribution in [-0.4, -0.2) is 64.9 Å². The Bertz CT molecular complexity index is 824. The molecule has 176 valence electrons. The molecule has 0 radical (unpaired) electrons. The normalized spacial score (nSPS) is 20.3. The average molecular weight is 473 g/mol. The first kappa shape index (κ1) is 25.0. The summed E-state index contributed by atoms with van der Waals surface area (Å²) < 4.78 is 9.44. The number of hydrazone groups is 1. The molecule has 2 heterocycles. The molecule has 14 heteroatoms. The Hall–Kier alpha value is -3.22. The zero-order valence-electron chi connectivity index (χ0n) is 17.5. The third-order valence-electron chi connectivity index (χ3n) is 4.83. The number of furan rings is 1. The van der Waals surface area contributed by atoms with E-state index in [1.54, 1.807) is 0 Å². The molecule has 1 aromatic rings. The summed E-state index contributed by atoms with van der Waals surface area (Å²) in [5.74, 6) is 0.772. The van der Waals surface area contributed by atoms with E-state index >= 15 is 0 Å². The smallest absolute Gasteiger partial charge is 0.433 e. The molecule has 0 unspecified atom stereocenters. The first-order chi connectivity index (χ1) is 15.3. The summed E-state index contributed by atoms with van der Waals surface area (Å²) in [6.07, 6.45) is 4.86. The number of alkyl halides is 1. The van der Waals surface area contributed by atoms with Gasteiger partial charge in [-0.2, -0.15) is 15.1 Å². The number of nitroso groups, excluding NO2 is 1. The molecule has 0 atom stereocenters. The van der Waals surface area contributed by atoms with E-state index in [9.17, 15) is 24.6 Å². The van der Waals surface area contributed by atoms with Gasteiger partial charge < -0.3 is 14.5 Å². The molecule has 3 amide bonds. The van der Waals surface area contributed by atoms with Gasteiger partial charge in [-0.05, 0) is 37.7 Å². The van der Waals surface area contributed by atoms with Gasteiger partial charge in [0.25, 0.3) is 0 Å². The Balaban J connectivity index is 0.000000227. The second kappa shape index (κ2) is 12.6. The van der Waals surface area contributed by atoms with Crippen molar-refractivity contribution >= 4 is 35.8 Å². The molecule has 1 aromatic heterocycles. The molecule has 2 fully saturated rings. The van der Waals surface area contributed by atoms with Gasteiger partial charge in [-0.15, -0.1) is 16.5 Å². The van der Waals surface area contributed by atoms with Crippen LogP contribution < -0.4 is 5.32 Å². The largest absolute Gasteiger partial charge is 0.446 e. The molecule has 13 nitrogen and oxygen atoms in total. The number of nitro groups is 1. The highest BCUT2D eigenvalue weighted by atomic mass is 35.5. The zero-order chi connectivity index (χ0) is 23.5. The monoisotopic (exact) mass is 472 g/mol. The molecular weight excluding hydrogens is 448 g/mol. The Morgan fingerprint density at radius 2 is 2.12 bits per heavy atom. The zero-order valence-corrected chi connectivity index (χ0v) is 18.3. The maximum absolute atomic E-state index is 11.6. The van der Waals surface area contributed by atoms with Crippen LogP contribution in [-0.2, 0) is 4.74 Å². The number of rotatable bonds is 7. The first-order valence-electron chi connectivity index (χ1n) is 10.0. The van der Waals surface area contributed by atoms with Gasteiger partial charge in [-0.3, -0.25) is 10.1 Å². The molecule has 1 N–H and O–H groups in total. The first-order valence-corrected chi connectivity index (χ1v) is 10.6. The number of ether oxygens (including phenoxy) is 1. The van der Waals surface area contributed by atoms with Gasteiger partial charge in [0.05, 0.1) is 30.7 Å². The predicted molar refractivity (Wildman–Crippen MR) is 114 cm³/mol. The lowest BCUT2D eigenvalue weighted by Gasteiger charge is -2.27. The second-order valence-corrected chi connectivity index (χ2v) is 7.59. The van der Waals surface area contributed by atoms with E-state index in [4.69, 9.17) is 16.0 Å². The summed E-state index contributed by atoms with van der Waals surface area (Å²) in [5.41, 5.74) is 0. The number of cyclic esters (lactones) is 1. The van der Waals surface area contributed by atoms with Crippen LogP contribution in [0.15, 0.2) is 26.9 Å². The topological polar surface area (TPSA) is 160 Å². The molecule has 1 saturated heterocycles. The molecule has 0 spiro atoms. The van der Waals surface area contributed by atoms with Gasteiger partial charge in [0.2, 0.25) is 0 Å². The van der Waals surface area contributed by atoms with E-state index < -0.39 is 17.0 Å². The van der Waals surface area contributed by atoms with E-state index in [0.717, 1.165) is 41.6 Å². The fourth-order valence-corrected chi connectivity index (χ4v) is 3.20. The van der Waals surface area contributed by atoms with Gasteiger partial charge >= 0.3 is 18.0 Å². The van der Waals surface area contributed by atoms with Gasteiger partial charge in [0, 0.05) is 11.9 Å². The lowest BCUT2D eigenvalue weighted by molar-refractivity contribution is -0.402. The molecule has 32 heavy (non-hydrogen) atoms. The Labute approximate surface area is 188 Å². The van der Waals surface area contributed by atoms with E-state index in [1.807, 2.05) is 0 Å². The van der Waals surface area contributed by atoms with Gasteiger partial charge in [-0.25, -0.2) is 9.59 Å². The summed E-state index contributed by atoms with van der Waals surface area (Å²) in [6.45, 7) is 3.01. The number of amides is 3. The molecule has 1 saturated carbocycles. The Morgan fingerprint density at radius 1 is 1.41 bits per heavy atom. The average Bonchev–Trinajstić information content (AvgIpc) is 3.41. The fourth-order valence-electron chi connectivity index (χ4n) is 3.04. The molecule has 2 aliphatic rings. The molecule has 0 aromatic carbocycles. The third-order valence-corrected chi connectivity index (χ3v) is 5.00. The Kier molecular flexibility index (Phi) is 9.85. The number of hydrogen-bond acceptors (Lipinski definition) is 9. The summed E-state index contributed by atoms with van der Waals surface area (Å²) >= 11 is 5.46. The number of nitrogens with one attached hydrogen (secondary N) is 1. The second-order valence-electron chi connectivity index (χ2n) is 7.22. The van der Waals surface area contributed by atoms with E-state index in [2.05, 4.69) is 27.4 Å². The van der Waals surface area contributed by atoms with E-state index in [1.165, 1.54) is 18.3 Å². The quantitative estimate of drug-likeness (QED) is 0.209. The standard InChI is InChI=1S/C10H18ClN3O2.C8H7N3O5/c1-8-2-4-9(5-3-8)12-10(15)14(13-16)7-6-11;12-8-10(3-4-15-8)9-5-6-1-2-7(16-6)11(13)14/h8-9H,2-7H2,1H3,(H,12,15);1-2,5H,3-4H2. The van der Waals surface area contributed by atoms with Crippen LogP contribution in [0.1, 0.15) is 38.4 Å². The minimum absolute atomic E-state index is 0.153. The molecular formula is C18H25ClN6O7. The van der Waals surface area contributed by atoms with Crippen LogP contribution in [0.25, 0.3) is 0 Å². The van der Waals surface area contributed by atoms with E-state index in [-0.39, 0.29) is 36.7 Å². The number of halogens is 1. The third kappa shape index (κ3) is 7.80. The van der Waals surface area contributed by atoms with Crippen molar-refractivity contribution in [1.82, 2.24) is 15.3 Å².